The predicted molar refractivity (Wildman–Crippen MR) is 43.7 cm³/mol. The Morgan fingerprint density at radius 1 is 1.40 bits per heavy atom. The lowest BCUT2D eigenvalue weighted by Crippen LogP contribution is -2.41. The van der Waals surface area contributed by atoms with Crippen molar-refractivity contribution in [1.82, 2.24) is 9.80 Å². The molecule has 2 heteroatoms. The Kier molecular flexibility index (Phi) is 3.16. The molecule has 10 heavy (non-hydrogen) atoms. The van der Waals surface area contributed by atoms with Crippen LogP contribution >= 0.6 is 0 Å². The van der Waals surface area contributed by atoms with Gasteiger partial charge in [0.15, 0.2) is 0 Å². The Morgan fingerprint density at radius 2 is 2.20 bits per heavy atom. The van der Waals surface area contributed by atoms with E-state index in [1.165, 1.54) is 26.1 Å². The van der Waals surface area contributed by atoms with Gasteiger partial charge in [-0.05, 0) is 20.0 Å². The zero-order valence-electron chi connectivity index (χ0n) is 7.01. The number of rotatable bonds is 2. The highest BCUT2D eigenvalue weighted by Gasteiger charge is 2.11. The van der Waals surface area contributed by atoms with Crippen molar-refractivity contribution in [2.75, 3.05) is 33.2 Å². The van der Waals surface area contributed by atoms with Crippen LogP contribution in [0.15, 0.2) is 0 Å². The molecule has 0 atom stereocenters. The zero-order chi connectivity index (χ0) is 7.40. The third-order valence-corrected chi connectivity index (χ3v) is 1.96. The van der Waals surface area contributed by atoms with Gasteiger partial charge >= 0.3 is 0 Å². The van der Waals surface area contributed by atoms with E-state index in [0.717, 1.165) is 6.54 Å². The van der Waals surface area contributed by atoms with Gasteiger partial charge in [0, 0.05) is 26.2 Å². The van der Waals surface area contributed by atoms with Gasteiger partial charge in [-0.2, -0.15) is 0 Å². The van der Waals surface area contributed by atoms with Gasteiger partial charge in [-0.25, -0.2) is 0 Å². The highest BCUT2D eigenvalue weighted by Crippen LogP contribution is 2.02. The molecule has 1 radical (unpaired) electrons. The summed E-state index contributed by atoms with van der Waals surface area (Å²) in [5.41, 5.74) is 0. The molecule has 0 aromatic rings. The number of nitrogens with zero attached hydrogens (tertiary/aromatic N) is 2. The topological polar surface area (TPSA) is 6.48 Å². The lowest BCUT2D eigenvalue weighted by molar-refractivity contribution is 0.190. The second-order valence-electron chi connectivity index (χ2n) is 2.96. The van der Waals surface area contributed by atoms with Crippen molar-refractivity contribution in [3.8, 4) is 0 Å². The Bertz CT molecular complexity index is 85.3. The number of piperazine rings is 1. The summed E-state index contributed by atoms with van der Waals surface area (Å²) >= 11 is 0. The van der Waals surface area contributed by atoms with Crippen molar-refractivity contribution >= 4 is 0 Å². The predicted octanol–water partition coefficient (Wildman–Crippen LogP) is 0.806. The molecule has 0 saturated carbocycles. The molecule has 1 fully saturated rings. The van der Waals surface area contributed by atoms with Gasteiger partial charge in [0.05, 0.1) is 0 Å². The number of hydrogen-bond donors (Lipinski definition) is 0. The lowest BCUT2D eigenvalue weighted by atomic mass is 10.3. The number of hydrogen-bond acceptors (Lipinski definition) is 2. The van der Waals surface area contributed by atoms with Crippen molar-refractivity contribution in [3.05, 3.63) is 6.54 Å². The Hall–Kier alpha value is -0.0800. The van der Waals surface area contributed by atoms with Gasteiger partial charge in [0.25, 0.3) is 0 Å². The molecule has 2 nitrogen and oxygen atoms in total. The molecule has 1 aliphatic rings. The van der Waals surface area contributed by atoms with E-state index in [4.69, 9.17) is 0 Å². The third-order valence-electron chi connectivity index (χ3n) is 1.96. The first-order chi connectivity index (χ1) is 4.83. The number of likely N-dealkylation sites (N-methyl/N-ethyl adjacent to an activating group) is 1. The monoisotopic (exact) mass is 141 g/mol. The van der Waals surface area contributed by atoms with Crippen LogP contribution in [-0.2, 0) is 0 Å². The minimum Gasteiger partial charge on any atom is -0.300 e. The molecular weight excluding hydrogens is 124 g/mol. The summed E-state index contributed by atoms with van der Waals surface area (Å²) in [7, 11) is 2.14. The Labute approximate surface area is 63.8 Å². The summed E-state index contributed by atoms with van der Waals surface area (Å²) in [6, 6.07) is 0. The van der Waals surface area contributed by atoms with Crippen LogP contribution in [0.3, 0.4) is 0 Å². The maximum atomic E-state index is 2.49. The van der Waals surface area contributed by atoms with Crippen molar-refractivity contribution in [1.29, 1.82) is 0 Å². The molecule has 0 bridgehead atoms. The fraction of sp³-hybridized carbons (Fsp3) is 0.875. The first-order valence-corrected chi connectivity index (χ1v) is 4.09. The van der Waals surface area contributed by atoms with Crippen LogP contribution in [0.1, 0.15) is 13.3 Å². The van der Waals surface area contributed by atoms with E-state index < -0.39 is 0 Å². The summed E-state index contributed by atoms with van der Waals surface area (Å²) in [6.45, 7) is 9.33. The van der Waals surface area contributed by atoms with E-state index >= 15 is 0 Å². The molecule has 0 aromatic heterocycles. The molecule has 1 heterocycles. The van der Waals surface area contributed by atoms with Crippen LogP contribution in [0, 0.1) is 6.54 Å². The van der Waals surface area contributed by atoms with E-state index in [2.05, 4.69) is 30.3 Å². The highest BCUT2D eigenvalue weighted by atomic mass is 15.2. The van der Waals surface area contributed by atoms with Gasteiger partial charge in [0.1, 0.15) is 0 Å². The summed E-state index contributed by atoms with van der Waals surface area (Å²) in [5, 5.41) is 0. The van der Waals surface area contributed by atoms with Crippen LogP contribution in [-0.4, -0.2) is 43.0 Å². The van der Waals surface area contributed by atoms with Gasteiger partial charge in [-0.3, -0.25) is 4.90 Å². The SMILES string of the molecule is CCCN1C[CH]N(C)CC1. The minimum absolute atomic E-state index is 1.14. The average Bonchev–Trinajstić information content (AvgIpc) is 1.95. The van der Waals surface area contributed by atoms with Crippen LogP contribution in [0.4, 0.5) is 0 Å². The van der Waals surface area contributed by atoms with E-state index in [9.17, 15) is 0 Å². The van der Waals surface area contributed by atoms with Gasteiger partial charge in [-0.1, -0.05) is 6.92 Å². The molecule has 0 aliphatic carbocycles. The normalized spacial score (nSPS) is 23.4. The molecule has 1 rings (SSSR count). The minimum atomic E-state index is 1.14. The summed E-state index contributed by atoms with van der Waals surface area (Å²) in [4.78, 5) is 4.76. The van der Waals surface area contributed by atoms with Crippen molar-refractivity contribution < 1.29 is 0 Å². The van der Waals surface area contributed by atoms with Crippen molar-refractivity contribution in [3.63, 3.8) is 0 Å². The van der Waals surface area contributed by atoms with E-state index in [1.807, 2.05) is 0 Å². The second kappa shape index (κ2) is 3.94. The lowest BCUT2D eigenvalue weighted by Gasteiger charge is -2.31. The molecule has 0 amide bonds. The molecule has 0 spiro atoms. The maximum absolute atomic E-state index is 2.49. The molecule has 1 aliphatic heterocycles. The van der Waals surface area contributed by atoms with Gasteiger partial charge in [0.2, 0.25) is 0 Å². The van der Waals surface area contributed by atoms with Crippen molar-refractivity contribution in [2.45, 2.75) is 13.3 Å². The molecule has 0 aromatic carbocycles. The molecular formula is C8H17N2. The first kappa shape index (κ1) is 8.02. The highest BCUT2D eigenvalue weighted by molar-refractivity contribution is 4.77. The molecule has 0 unspecified atom stereocenters. The molecule has 59 valence electrons. The Balaban J connectivity index is 2.13. The van der Waals surface area contributed by atoms with Crippen molar-refractivity contribution in [2.24, 2.45) is 0 Å². The quantitative estimate of drug-likeness (QED) is 0.561. The van der Waals surface area contributed by atoms with E-state index in [-0.39, 0.29) is 0 Å². The average molecular weight is 141 g/mol. The summed E-state index contributed by atoms with van der Waals surface area (Å²) in [6.07, 6.45) is 1.28. The largest absolute Gasteiger partial charge is 0.300 e. The summed E-state index contributed by atoms with van der Waals surface area (Å²) < 4.78 is 0. The summed E-state index contributed by atoms with van der Waals surface area (Å²) in [5.74, 6) is 0. The van der Waals surface area contributed by atoms with Crippen LogP contribution < -0.4 is 0 Å². The van der Waals surface area contributed by atoms with E-state index in [1.54, 1.807) is 0 Å². The first-order valence-electron chi connectivity index (χ1n) is 4.09. The standard InChI is InChI=1S/C8H17N2/c1-3-4-10-7-5-9(2)6-8-10/h5H,3-4,6-8H2,1-2H3. The molecule has 1 saturated heterocycles. The fourth-order valence-corrected chi connectivity index (χ4v) is 1.26. The maximum Gasteiger partial charge on any atom is 0.0388 e. The zero-order valence-corrected chi connectivity index (χ0v) is 7.01. The van der Waals surface area contributed by atoms with E-state index in [0.29, 0.717) is 0 Å². The second-order valence-corrected chi connectivity index (χ2v) is 2.96. The van der Waals surface area contributed by atoms with Crippen LogP contribution in [0.5, 0.6) is 0 Å². The van der Waals surface area contributed by atoms with Crippen LogP contribution in [0.2, 0.25) is 0 Å². The van der Waals surface area contributed by atoms with Gasteiger partial charge < -0.3 is 4.90 Å². The third kappa shape index (κ3) is 2.27. The van der Waals surface area contributed by atoms with Gasteiger partial charge in [-0.15, -0.1) is 0 Å². The Morgan fingerprint density at radius 3 is 2.70 bits per heavy atom. The smallest absolute Gasteiger partial charge is 0.0388 e. The fourth-order valence-electron chi connectivity index (χ4n) is 1.26. The van der Waals surface area contributed by atoms with Crippen LogP contribution in [0.25, 0.3) is 0 Å². The molecule has 0 N–H and O–H groups in total.